The Hall–Kier alpha value is -0.820. The van der Waals surface area contributed by atoms with Crippen LogP contribution in [0.25, 0.3) is 0 Å². The SMILES string of the molecule is O=C(Nc1cc(Br)cc(Cl)c1F)C(F)(F)F. The maximum absolute atomic E-state index is 13.2. The lowest BCUT2D eigenvalue weighted by atomic mass is 10.3. The van der Waals surface area contributed by atoms with Crippen molar-refractivity contribution in [3.8, 4) is 0 Å². The first-order valence-electron chi connectivity index (χ1n) is 3.74. The molecule has 0 aliphatic rings. The molecule has 1 rings (SSSR count). The Morgan fingerprint density at radius 3 is 2.44 bits per heavy atom. The normalized spacial score (nSPS) is 11.4. The van der Waals surface area contributed by atoms with E-state index in [1.165, 1.54) is 5.32 Å². The molecule has 0 aromatic heterocycles. The second-order valence-corrected chi connectivity index (χ2v) is 4.02. The van der Waals surface area contributed by atoms with Crippen LogP contribution in [-0.4, -0.2) is 12.1 Å². The van der Waals surface area contributed by atoms with Gasteiger partial charge in [0.25, 0.3) is 0 Å². The van der Waals surface area contributed by atoms with Crippen LogP contribution in [0.1, 0.15) is 0 Å². The third-order valence-corrected chi connectivity index (χ3v) is 2.23. The number of carbonyl (C=O) groups is 1. The summed E-state index contributed by atoms with van der Waals surface area (Å²) in [5, 5.41) is 0.982. The number of halogens is 6. The van der Waals surface area contributed by atoms with Crippen molar-refractivity contribution in [1.82, 2.24) is 0 Å². The molecule has 0 spiro atoms. The monoisotopic (exact) mass is 319 g/mol. The van der Waals surface area contributed by atoms with Crippen molar-refractivity contribution in [1.29, 1.82) is 0 Å². The highest BCUT2D eigenvalue weighted by Gasteiger charge is 2.39. The van der Waals surface area contributed by atoms with Crippen molar-refractivity contribution in [2.75, 3.05) is 5.32 Å². The first-order chi connectivity index (χ1) is 7.21. The van der Waals surface area contributed by atoms with Gasteiger partial charge in [-0.15, -0.1) is 0 Å². The van der Waals surface area contributed by atoms with Crippen LogP contribution in [0, 0.1) is 5.82 Å². The minimum atomic E-state index is -5.08. The van der Waals surface area contributed by atoms with Crippen molar-refractivity contribution in [3.63, 3.8) is 0 Å². The highest BCUT2D eigenvalue weighted by Crippen LogP contribution is 2.29. The van der Waals surface area contributed by atoms with Crippen LogP contribution >= 0.6 is 27.5 Å². The van der Waals surface area contributed by atoms with Crippen molar-refractivity contribution < 1.29 is 22.4 Å². The van der Waals surface area contributed by atoms with Crippen LogP contribution in [0.15, 0.2) is 16.6 Å². The van der Waals surface area contributed by atoms with E-state index in [0.29, 0.717) is 0 Å². The van der Waals surface area contributed by atoms with Crippen molar-refractivity contribution >= 4 is 39.1 Å². The zero-order valence-electron chi connectivity index (χ0n) is 7.33. The summed E-state index contributed by atoms with van der Waals surface area (Å²) in [6.45, 7) is 0. The third-order valence-electron chi connectivity index (χ3n) is 1.50. The second-order valence-electron chi connectivity index (χ2n) is 2.70. The first kappa shape index (κ1) is 13.2. The Balaban J connectivity index is 3.03. The number of carbonyl (C=O) groups excluding carboxylic acids is 1. The largest absolute Gasteiger partial charge is 0.471 e. The Kier molecular flexibility index (Phi) is 3.80. The molecule has 1 amide bonds. The van der Waals surface area contributed by atoms with Crippen LogP contribution in [0.2, 0.25) is 5.02 Å². The van der Waals surface area contributed by atoms with Gasteiger partial charge in [-0.3, -0.25) is 4.79 Å². The Morgan fingerprint density at radius 1 is 1.38 bits per heavy atom. The van der Waals surface area contributed by atoms with E-state index in [2.05, 4.69) is 15.9 Å². The van der Waals surface area contributed by atoms with Gasteiger partial charge in [0.05, 0.1) is 10.7 Å². The van der Waals surface area contributed by atoms with Crippen molar-refractivity contribution in [3.05, 3.63) is 27.4 Å². The average Bonchev–Trinajstić information content (AvgIpc) is 2.11. The summed E-state index contributed by atoms with van der Waals surface area (Å²) in [6.07, 6.45) is -5.08. The van der Waals surface area contributed by atoms with Gasteiger partial charge in [-0.2, -0.15) is 13.2 Å². The molecule has 8 heteroatoms. The van der Waals surface area contributed by atoms with Gasteiger partial charge in [0.2, 0.25) is 0 Å². The van der Waals surface area contributed by atoms with Gasteiger partial charge in [-0.05, 0) is 12.1 Å². The minimum Gasteiger partial charge on any atom is -0.316 e. The summed E-state index contributed by atoms with van der Waals surface area (Å²) in [5.74, 6) is -3.39. The molecule has 1 N–H and O–H groups in total. The molecule has 1 aromatic rings. The lowest BCUT2D eigenvalue weighted by molar-refractivity contribution is -0.167. The van der Waals surface area contributed by atoms with Gasteiger partial charge in [0, 0.05) is 4.47 Å². The fraction of sp³-hybridized carbons (Fsp3) is 0.125. The second kappa shape index (κ2) is 4.58. The number of amides is 1. The summed E-state index contributed by atoms with van der Waals surface area (Å²) < 4.78 is 49.1. The summed E-state index contributed by atoms with van der Waals surface area (Å²) in [7, 11) is 0. The molecule has 0 saturated carbocycles. The van der Waals surface area contributed by atoms with Gasteiger partial charge in [0.1, 0.15) is 0 Å². The summed E-state index contributed by atoms with van der Waals surface area (Å²) >= 11 is 8.28. The van der Waals surface area contributed by atoms with Gasteiger partial charge < -0.3 is 5.32 Å². The molecule has 0 unspecified atom stereocenters. The molecule has 16 heavy (non-hydrogen) atoms. The molecular weight excluding hydrogens is 317 g/mol. The fourth-order valence-corrected chi connectivity index (χ4v) is 1.65. The third kappa shape index (κ3) is 3.08. The number of benzene rings is 1. The van der Waals surface area contributed by atoms with E-state index in [1.807, 2.05) is 0 Å². The van der Waals surface area contributed by atoms with Crippen LogP contribution in [0.4, 0.5) is 23.2 Å². The molecule has 2 nitrogen and oxygen atoms in total. The number of alkyl halides is 3. The van der Waals surface area contributed by atoms with E-state index in [0.717, 1.165) is 12.1 Å². The summed E-state index contributed by atoms with van der Waals surface area (Å²) in [4.78, 5) is 10.5. The summed E-state index contributed by atoms with van der Waals surface area (Å²) in [6, 6.07) is 2.13. The highest BCUT2D eigenvalue weighted by atomic mass is 79.9. The predicted molar refractivity (Wildman–Crippen MR) is 53.8 cm³/mol. The lowest BCUT2D eigenvalue weighted by Gasteiger charge is -2.09. The lowest BCUT2D eigenvalue weighted by Crippen LogP contribution is -2.30. The molecule has 0 aliphatic heterocycles. The van der Waals surface area contributed by atoms with Gasteiger partial charge in [0.15, 0.2) is 5.82 Å². The highest BCUT2D eigenvalue weighted by molar-refractivity contribution is 9.10. The van der Waals surface area contributed by atoms with E-state index in [-0.39, 0.29) is 4.47 Å². The van der Waals surface area contributed by atoms with Crippen LogP contribution in [0.5, 0.6) is 0 Å². The van der Waals surface area contributed by atoms with Crippen LogP contribution in [-0.2, 0) is 4.79 Å². The average molecular weight is 320 g/mol. The maximum Gasteiger partial charge on any atom is 0.471 e. The smallest absolute Gasteiger partial charge is 0.316 e. The van der Waals surface area contributed by atoms with E-state index in [9.17, 15) is 22.4 Å². The van der Waals surface area contributed by atoms with E-state index < -0.39 is 28.6 Å². The Labute approximate surface area is 101 Å². The van der Waals surface area contributed by atoms with Gasteiger partial charge >= 0.3 is 12.1 Å². The van der Waals surface area contributed by atoms with E-state index in [1.54, 1.807) is 0 Å². The molecule has 88 valence electrons. The molecule has 0 radical (unpaired) electrons. The van der Waals surface area contributed by atoms with E-state index in [4.69, 9.17) is 11.6 Å². The standard InChI is InChI=1S/C8H3BrClF4NO/c9-3-1-4(10)6(11)5(2-3)15-7(16)8(12,13)14/h1-2H,(H,15,16). The molecule has 0 heterocycles. The van der Waals surface area contributed by atoms with Gasteiger partial charge in [-0.1, -0.05) is 27.5 Å². The number of rotatable bonds is 1. The molecule has 0 bridgehead atoms. The molecule has 1 aromatic carbocycles. The Morgan fingerprint density at radius 2 is 1.94 bits per heavy atom. The van der Waals surface area contributed by atoms with E-state index >= 15 is 0 Å². The first-order valence-corrected chi connectivity index (χ1v) is 4.91. The number of anilines is 1. The number of nitrogens with one attached hydrogen (secondary N) is 1. The molecule has 0 aliphatic carbocycles. The topological polar surface area (TPSA) is 29.1 Å². The molecule has 0 atom stereocenters. The molecule has 0 fully saturated rings. The minimum absolute atomic E-state index is 0.247. The van der Waals surface area contributed by atoms with Crippen LogP contribution < -0.4 is 5.32 Å². The zero-order valence-corrected chi connectivity index (χ0v) is 9.67. The number of hydrogen-bond acceptors (Lipinski definition) is 1. The quantitative estimate of drug-likeness (QED) is 0.620. The predicted octanol–water partition coefficient (Wildman–Crippen LogP) is 3.74. The fourth-order valence-electron chi connectivity index (χ4n) is 0.840. The van der Waals surface area contributed by atoms with Gasteiger partial charge in [-0.25, -0.2) is 4.39 Å². The maximum atomic E-state index is 13.2. The zero-order chi connectivity index (χ0) is 12.5. The Bertz CT molecular complexity index is 435. The number of hydrogen-bond donors (Lipinski definition) is 1. The van der Waals surface area contributed by atoms with Crippen molar-refractivity contribution in [2.45, 2.75) is 6.18 Å². The molecule has 0 saturated heterocycles. The molecular formula is C8H3BrClF4NO. The van der Waals surface area contributed by atoms with Crippen LogP contribution in [0.3, 0.4) is 0 Å². The van der Waals surface area contributed by atoms with Crippen molar-refractivity contribution in [2.24, 2.45) is 0 Å². The summed E-state index contributed by atoms with van der Waals surface area (Å²) in [5.41, 5.74) is -0.637.